The second-order valence-corrected chi connectivity index (χ2v) is 5.05. The van der Waals surface area contributed by atoms with Crippen LogP contribution in [-0.2, 0) is 0 Å². The monoisotopic (exact) mass is 388 g/mol. The molecule has 0 N–H and O–H groups in total. The molecule has 120 valence electrons. The van der Waals surface area contributed by atoms with Crippen LogP contribution in [0.15, 0.2) is 34.4 Å². The molecule has 0 spiro atoms. The smallest absolute Gasteiger partial charge is 0.175 e. The number of halogens is 2. The second kappa shape index (κ2) is 9.42. The summed E-state index contributed by atoms with van der Waals surface area (Å²) in [5.74, 6) is 1.42. The van der Waals surface area contributed by atoms with Crippen molar-refractivity contribution in [1.82, 2.24) is 14.9 Å². The van der Waals surface area contributed by atoms with Crippen molar-refractivity contribution in [2.45, 2.75) is 20.3 Å². The van der Waals surface area contributed by atoms with E-state index in [0.29, 0.717) is 19.0 Å². The molecule has 1 aromatic carbocycles. The summed E-state index contributed by atoms with van der Waals surface area (Å²) >= 11 is 3.52. The molecule has 0 saturated carbocycles. The highest BCUT2D eigenvalue weighted by Crippen LogP contribution is 2.36. The van der Waals surface area contributed by atoms with Gasteiger partial charge in [-0.25, -0.2) is 4.68 Å². The first-order valence-corrected chi connectivity index (χ1v) is 7.52. The van der Waals surface area contributed by atoms with E-state index < -0.39 is 0 Å². The summed E-state index contributed by atoms with van der Waals surface area (Å²) in [6.45, 7) is 5.22. The zero-order valence-corrected chi connectivity index (χ0v) is 14.8. The van der Waals surface area contributed by atoms with E-state index in [0.717, 1.165) is 22.2 Å². The summed E-state index contributed by atoms with van der Waals surface area (Å²) in [6.07, 6.45) is 5.69. The van der Waals surface area contributed by atoms with Crippen LogP contribution in [0.1, 0.15) is 25.8 Å². The van der Waals surface area contributed by atoms with Crippen LogP contribution in [0.3, 0.4) is 0 Å². The van der Waals surface area contributed by atoms with Crippen molar-refractivity contribution < 1.29 is 9.47 Å². The molecule has 0 fully saturated rings. The van der Waals surface area contributed by atoms with Crippen molar-refractivity contribution in [2.75, 3.05) is 13.2 Å². The molecule has 1 aromatic heterocycles. The van der Waals surface area contributed by atoms with Gasteiger partial charge in [0.15, 0.2) is 11.5 Å². The van der Waals surface area contributed by atoms with E-state index in [1.165, 1.54) is 17.3 Å². The predicted molar refractivity (Wildman–Crippen MR) is 91.4 cm³/mol. The summed E-state index contributed by atoms with van der Waals surface area (Å²) < 4.78 is 13.7. The van der Waals surface area contributed by atoms with Crippen LogP contribution in [-0.4, -0.2) is 34.3 Å². The molecule has 0 saturated heterocycles. The highest BCUT2D eigenvalue weighted by molar-refractivity contribution is 9.10. The van der Waals surface area contributed by atoms with E-state index in [-0.39, 0.29) is 12.4 Å². The first-order chi connectivity index (χ1) is 10.2. The topological polar surface area (TPSA) is 61.5 Å². The Morgan fingerprint density at radius 3 is 2.59 bits per heavy atom. The van der Waals surface area contributed by atoms with Gasteiger partial charge in [0, 0.05) is 0 Å². The lowest BCUT2D eigenvalue weighted by molar-refractivity contribution is 0.275. The van der Waals surface area contributed by atoms with Gasteiger partial charge in [0.25, 0.3) is 0 Å². The molecule has 6 nitrogen and oxygen atoms in total. The number of rotatable bonds is 7. The molecule has 0 aliphatic rings. The maximum absolute atomic E-state index is 5.73. The van der Waals surface area contributed by atoms with Crippen molar-refractivity contribution in [1.29, 1.82) is 0 Å². The van der Waals surface area contributed by atoms with E-state index >= 15 is 0 Å². The Labute approximate surface area is 144 Å². The van der Waals surface area contributed by atoms with Crippen LogP contribution >= 0.6 is 28.3 Å². The molecule has 2 aromatic rings. The van der Waals surface area contributed by atoms with Crippen LogP contribution in [0.2, 0.25) is 0 Å². The third-order valence-electron chi connectivity index (χ3n) is 2.53. The van der Waals surface area contributed by atoms with Gasteiger partial charge in [-0.1, -0.05) is 6.92 Å². The highest BCUT2D eigenvalue weighted by atomic mass is 79.9. The minimum Gasteiger partial charge on any atom is -0.490 e. The van der Waals surface area contributed by atoms with Crippen LogP contribution in [0.4, 0.5) is 0 Å². The maximum Gasteiger partial charge on any atom is 0.175 e. The Morgan fingerprint density at radius 2 is 1.95 bits per heavy atom. The van der Waals surface area contributed by atoms with Crippen molar-refractivity contribution in [3.63, 3.8) is 0 Å². The molecule has 22 heavy (non-hydrogen) atoms. The molecular formula is C14H18BrClN4O2. The van der Waals surface area contributed by atoms with Crippen LogP contribution in [0.25, 0.3) is 0 Å². The summed E-state index contributed by atoms with van der Waals surface area (Å²) in [5, 5.41) is 11.6. The van der Waals surface area contributed by atoms with Gasteiger partial charge in [0.2, 0.25) is 0 Å². The van der Waals surface area contributed by atoms with Crippen LogP contribution in [0.5, 0.6) is 11.5 Å². The average Bonchev–Trinajstić information content (AvgIpc) is 2.98. The lowest BCUT2D eigenvalue weighted by atomic mass is 10.2. The third-order valence-corrected chi connectivity index (χ3v) is 3.12. The highest BCUT2D eigenvalue weighted by Gasteiger charge is 2.11. The molecule has 1 heterocycles. The van der Waals surface area contributed by atoms with Crippen LogP contribution in [0, 0.1) is 0 Å². The minimum absolute atomic E-state index is 0. The Hall–Kier alpha value is -1.60. The molecule has 0 aliphatic heterocycles. The number of nitrogens with zero attached hydrogens (tertiary/aromatic N) is 4. The van der Waals surface area contributed by atoms with Gasteiger partial charge in [-0.05, 0) is 47.0 Å². The molecule has 0 amide bonds. The fraction of sp³-hybridized carbons (Fsp3) is 0.357. The zero-order chi connectivity index (χ0) is 15.1. The minimum atomic E-state index is 0. The first kappa shape index (κ1) is 18.4. The lowest BCUT2D eigenvalue weighted by Gasteiger charge is -2.14. The van der Waals surface area contributed by atoms with Crippen molar-refractivity contribution in [3.8, 4) is 11.5 Å². The molecule has 0 atom stereocenters. The van der Waals surface area contributed by atoms with Gasteiger partial charge in [0.05, 0.1) is 23.9 Å². The molecule has 2 rings (SSSR count). The number of benzene rings is 1. The molecular weight excluding hydrogens is 372 g/mol. The first-order valence-electron chi connectivity index (χ1n) is 6.72. The Balaban J connectivity index is 0.00000242. The number of hydrogen-bond acceptors (Lipinski definition) is 5. The van der Waals surface area contributed by atoms with Crippen LogP contribution < -0.4 is 9.47 Å². The SMILES string of the molecule is CCCOc1c(Br)cc(/C=N/n2cnnc2)cc1OCC.Cl. The number of hydrogen-bond donors (Lipinski definition) is 0. The fourth-order valence-electron chi connectivity index (χ4n) is 1.66. The number of ether oxygens (including phenoxy) is 2. The van der Waals surface area contributed by atoms with Gasteiger partial charge < -0.3 is 9.47 Å². The average molecular weight is 390 g/mol. The second-order valence-electron chi connectivity index (χ2n) is 4.20. The van der Waals surface area contributed by atoms with E-state index in [9.17, 15) is 0 Å². The standard InChI is InChI=1S/C14H17BrN4O2.ClH/c1-3-5-21-14-12(15)6-11(7-13(14)20-4-2)8-18-19-9-16-17-10-19;/h6-10H,3-5H2,1-2H3;1H/b18-8+;. The largest absolute Gasteiger partial charge is 0.490 e. The van der Waals surface area contributed by atoms with Gasteiger partial charge in [-0.3, -0.25) is 0 Å². The summed E-state index contributed by atoms with van der Waals surface area (Å²) in [5.41, 5.74) is 0.892. The number of aromatic nitrogens is 3. The van der Waals surface area contributed by atoms with Gasteiger partial charge in [-0.15, -0.1) is 22.6 Å². The van der Waals surface area contributed by atoms with Gasteiger partial charge in [-0.2, -0.15) is 5.10 Å². The van der Waals surface area contributed by atoms with E-state index in [1.54, 1.807) is 6.21 Å². The lowest BCUT2D eigenvalue weighted by Crippen LogP contribution is -2.02. The molecule has 0 radical (unpaired) electrons. The summed E-state index contributed by atoms with van der Waals surface area (Å²) in [7, 11) is 0. The maximum atomic E-state index is 5.73. The van der Waals surface area contributed by atoms with Crippen molar-refractivity contribution >= 4 is 34.6 Å². The molecule has 8 heteroatoms. The third kappa shape index (κ3) is 4.99. The zero-order valence-electron chi connectivity index (χ0n) is 12.4. The van der Waals surface area contributed by atoms with E-state index in [1.807, 2.05) is 19.1 Å². The Morgan fingerprint density at radius 1 is 1.23 bits per heavy atom. The molecule has 0 bridgehead atoms. The van der Waals surface area contributed by atoms with Crippen molar-refractivity contribution in [3.05, 3.63) is 34.8 Å². The molecule has 0 aliphatic carbocycles. The Kier molecular flexibility index (Phi) is 7.90. The quantitative estimate of drug-likeness (QED) is 0.680. The summed E-state index contributed by atoms with van der Waals surface area (Å²) in [6, 6.07) is 3.83. The van der Waals surface area contributed by atoms with Gasteiger partial charge in [0.1, 0.15) is 12.7 Å². The predicted octanol–water partition coefficient (Wildman–Crippen LogP) is 3.53. The fourth-order valence-corrected chi connectivity index (χ4v) is 2.23. The van der Waals surface area contributed by atoms with Gasteiger partial charge >= 0.3 is 0 Å². The van der Waals surface area contributed by atoms with Crippen molar-refractivity contribution in [2.24, 2.45) is 5.10 Å². The van der Waals surface area contributed by atoms with E-state index in [4.69, 9.17) is 9.47 Å². The molecule has 0 unspecified atom stereocenters. The normalized spacial score (nSPS) is 10.5. The summed E-state index contributed by atoms with van der Waals surface area (Å²) in [4.78, 5) is 0. The Bertz CT molecular complexity index is 605. The van der Waals surface area contributed by atoms with E-state index in [2.05, 4.69) is 38.2 Å².